The average molecular weight is 508 g/mol. The number of carbonyl (C=O) groups excluding carboxylic acids is 1. The Balaban J connectivity index is 0.0000109. The molecule has 2 N–H and O–H groups in total. The van der Waals surface area contributed by atoms with Crippen LogP contribution in [0, 0.1) is 5.82 Å². The second-order valence-electron chi connectivity index (χ2n) is 7.96. The van der Waals surface area contributed by atoms with E-state index < -0.39 is 0 Å². The fourth-order valence-corrected chi connectivity index (χ4v) is 3.10. The van der Waals surface area contributed by atoms with Crippen molar-refractivity contribution in [3.8, 4) is 5.75 Å². The molecule has 0 fully saturated rings. The Morgan fingerprint density at radius 1 is 0.853 bits per heavy atom. The largest absolute Gasteiger partial charge is 0.494 e. The van der Waals surface area contributed by atoms with Gasteiger partial charge >= 0.3 is 5.97 Å². The Labute approximate surface area is 210 Å². The van der Waals surface area contributed by atoms with Crippen molar-refractivity contribution in [2.75, 3.05) is 53.4 Å². The van der Waals surface area contributed by atoms with E-state index in [1.54, 1.807) is 19.1 Å². The molecule has 0 radical (unpaired) electrons. The number of carbonyl (C=O) groups is 1. The lowest BCUT2D eigenvalue weighted by Gasteiger charge is -2.11. The fraction of sp³-hybridized carbons (Fsp3) is 0.720. The zero-order valence-corrected chi connectivity index (χ0v) is 21.5. The van der Waals surface area contributed by atoms with Gasteiger partial charge in [-0.15, -0.1) is 12.4 Å². The first-order valence-corrected chi connectivity index (χ1v) is 12.0. The predicted octanol–water partition coefficient (Wildman–Crippen LogP) is 4.99. The average Bonchev–Trinajstić information content (AvgIpc) is 2.81. The lowest BCUT2D eigenvalue weighted by Crippen LogP contribution is -2.10. The van der Waals surface area contributed by atoms with Crippen molar-refractivity contribution in [1.82, 2.24) is 0 Å². The van der Waals surface area contributed by atoms with E-state index in [9.17, 15) is 9.18 Å². The van der Waals surface area contributed by atoms with Crippen molar-refractivity contribution in [3.63, 3.8) is 0 Å². The molecule has 0 saturated heterocycles. The van der Waals surface area contributed by atoms with E-state index in [4.69, 9.17) is 24.7 Å². The summed E-state index contributed by atoms with van der Waals surface area (Å²) in [6.45, 7) is 6.06. The number of ether oxygens (including phenoxy) is 5. The molecule has 1 atom stereocenters. The van der Waals surface area contributed by atoms with Crippen LogP contribution in [-0.4, -0.2) is 59.3 Å². The summed E-state index contributed by atoms with van der Waals surface area (Å²) in [5.74, 6) is 0.209. The van der Waals surface area contributed by atoms with Crippen LogP contribution < -0.4 is 10.5 Å². The van der Waals surface area contributed by atoms with Crippen LogP contribution in [0.1, 0.15) is 69.9 Å². The van der Waals surface area contributed by atoms with E-state index in [2.05, 4.69) is 4.74 Å². The fourth-order valence-electron chi connectivity index (χ4n) is 3.10. The second kappa shape index (κ2) is 22.0. The van der Waals surface area contributed by atoms with Crippen molar-refractivity contribution in [1.29, 1.82) is 0 Å². The maximum atomic E-state index is 13.6. The van der Waals surface area contributed by atoms with Crippen molar-refractivity contribution in [2.24, 2.45) is 5.73 Å². The highest BCUT2D eigenvalue weighted by Crippen LogP contribution is 2.21. The summed E-state index contributed by atoms with van der Waals surface area (Å²) in [5, 5.41) is 0. The molecule has 198 valence electrons. The molecule has 1 rings (SSSR count). The van der Waals surface area contributed by atoms with Gasteiger partial charge in [-0.25, -0.2) is 4.39 Å². The van der Waals surface area contributed by atoms with Crippen molar-refractivity contribution in [3.05, 3.63) is 29.6 Å². The molecule has 0 spiro atoms. The van der Waals surface area contributed by atoms with Gasteiger partial charge in [0, 0.05) is 31.2 Å². The Morgan fingerprint density at radius 3 is 1.94 bits per heavy atom. The normalized spacial score (nSPS) is 11.6. The first kappa shape index (κ1) is 32.5. The summed E-state index contributed by atoms with van der Waals surface area (Å²) >= 11 is 0. The number of rotatable bonds is 21. The van der Waals surface area contributed by atoms with Crippen molar-refractivity contribution >= 4 is 18.4 Å². The van der Waals surface area contributed by atoms with Crippen molar-refractivity contribution < 1.29 is 32.9 Å². The third-order valence-electron chi connectivity index (χ3n) is 5.05. The second-order valence-corrected chi connectivity index (χ2v) is 7.96. The molecule has 34 heavy (non-hydrogen) atoms. The molecule has 0 aromatic heterocycles. The maximum Gasteiger partial charge on any atom is 0.305 e. The lowest BCUT2D eigenvalue weighted by atomic mass is 10.1. The number of nitrogens with two attached hydrogens (primary N) is 1. The molecule has 0 unspecified atom stereocenters. The number of halogens is 2. The quantitative estimate of drug-likeness (QED) is 0.185. The molecule has 0 aliphatic rings. The topological polar surface area (TPSA) is 89.2 Å². The van der Waals surface area contributed by atoms with Gasteiger partial charge in [-0.05, 0) is 57.2 Å². The number of benzene rings is 1. The van der Waals surface area contributed by atoms with Gasteiger partial charge in [0.05, 0.1) is 40.1 Å². The van der Waals surface area contributed by atoms with Gasteiger partial charge in [-0.3, -0.25) is 4.79 Å². The zero-order valence-electron chi connectivity index (χ0n) is 20.7. The molecule has 0 aliphatic carbocycles. The number of methoxy groups -OCH3 is 1. The van der Waals surface area contributed by atoms with Crippen LogP contribution in [-0.2, 0) is 23.7 Å². The number of hydrogen-bond donors (Lipinski definition) is 1. The van der Waals surface area contributed by atoms with Gasteiger partial charge < -0.3 is 29.4 Å². The Bertz CT molecular complexity index is 635. The van der Waals surface area contributed by atoms with Crippen LogP contribution in [0.2, 0.25) is 0 Å². The van der Waals surface area contributed by atoms with Crippen LogP contribution in [0.5, 0.6) is 5.75 Å². The van der Waals surface area contributed by atoms with E-state index >= 15 is 0 Å². The van der Waals surface area contributed by atoms with Crippen LogP contribution in [0.25, 0.3) is 0 Å². The smallest absolute Gasteiger partial charge is 0.305 e. The number of hydrogen-bond acceptors (Lipinski definition) is 7. The Hall–Kier alpha value is -1.45. The molecule has 0 amide bonds. The molecular weight excluding hydrogens is 465 g/mol. The molecule has 0 bridgehead atoms. The standard InChI is InChI=1S/C25H42FNO6.ClH/c1-21(27)23-20-22(11-12-24(23)26)33-15-9-4-3-7-13-30-16-18-32-19-17-31-14-8-5-6-10-25(28)29-2;/h11-12,20-21H,3-10,13-19,27H2,1-2H3;1H/t21-;/m0./s1. The molecule has 1 aromatic rings. The zero-order chi connectivity index (χ0) is 24.2. The molecule has 0 heterocycles. The van der Waals surface area contributed by atoms with E-state index in [-0.39, 0.29) is 30.2 Å². The van der Waals surface area contributed by atoms with Gasteiger partial charge in [0.2, 0.25) is 0 Å². The van der Waals surface area contributed by atoms with E-state index in [1.165, 1.54) is 13.2 Å². The van der Waals surface area contributed by atoms with Gasteiger partial charge in [0.25, 0.3) is 0 Å². The van der Waals surface area contributed by atoms with Crippen LogP contribution in [0.4, 0.5) is 4.39 Å². The predicted molar refractivity (Wildman–Crippen MR) is 133 cm³/mol. The first-order chi connectivity index (χ1) is 16.0. The van der Waals surface area contributed by atoms with Gasteiger partial charge in [-0.1, -0.05) is 12.8 Å². The third kappa shape index (κ3) is 17.1. The van der Waals surface area contributed by atoms with Gasteiger partial charge in [0.1, 0.15) is 11.6 Å². The number of esters is 1. The van der Waals surface area contributed by atoms with E-state index in [1.807, 2.05) is 0 Å². The summed E-state index contributed by atoms with van der Waals surface area (Å²) in [6, 6.07) is 4.37. The Kier molecular flexibility index (Phi) is 21.1. The first-order valence-electron chi connectivity index (χ1n) is 12.0. The SMILES string of the molecule is COC(=O)CCCCCOCCOCCOCCCCCCOc1ccc(F)c([C@H](C)N)c1.Cl. The maximum absolute atomic E-state index is 13.6. The minimum Gasteiger partial charge on any atom is -0.494 e. The summed E-state index contributed by atoms with van der Waals surface area (Å²) in [5.41, 5.74) is 6.24. The minimum atomic E-state index is -0.353. The van der Waals surface area contributed by atoms with Crippen molar-refractivity contribution in [2.45, 2.75) is 64.3 Å². The summed E-state index contributed by atoms with van der Waals surface area (Å²) < 4.78 is 40.5. The Morgan fingerprint density at radius 2 is 1.38 bits per heavy atom. The van der Waals surface area contributed by atoms with E-state index in [0.717, 1.165) is 51.6 Å². The van der Waals surface area contributed by atoms with Gasteiger partial charge in [-0.2, -0.15) is 0 Å². The van der Waals surface area contributed by atoms with Crippen LogP contribution in [0.3, 0.4) is 0 Å². The van der Waals surface area contributed by atoms with Crippen LogP contribution >= 0.6 is 12.4 Å². The number of unbranched alkanes of at least 4 members (excludes halogenated alkanes) is 5. The molecule has 9 heteroatoms. The highest BCUT2D eigenvalue weighted by molar-refractivity contribution is 5.85. The molecule has 7 nitrogen and oxygen atoms in total. The third-order valence-corrected chi connectivity index (χ3v) is 5.05. The molecule has 1 aromatic carbocycles. The van der Waals surface area contributed by atoms with Gasteiger partial charge in [0.15, 0.2) is 0 Å². The van der Waals surface area contributed by atoms with E-state index in [0.29, 0.717) is 57.4 Å². The molecule has 0 aliphatic heterocycles. The lowest BCUT2D eigenvalue weighted by molar-refractivity contribution is -0.140. The van der Waals surface area contributed by atoms with Crippen LogP contribution in [0.15, 0.2) is 18.2 Å². The molecular formula is C25H43ClFNO6. The molecule has 0 saturated carbocycles. The minimum absolute atomic E-state index is 0. The monoisotopic (exact) mass is 507 g/mol. The summed E-state index contributed by atoms with van der Waals surface area (Å²) in [6.07, 6.45) is 7.29. The summed E-state index contributed by atoms with van der Waals surface area (Å²) in [4.78, 5) is 11.0. The highest BCUT2D eigenvalue weighted by atomic mass is 35.5. The highest BCUT2D eigenvalue weighted by Gasteiger charge is 2.08. The summed E-state index contributed by atoms with van der Waals surface area (Å²) in [7, 11) is 1.41.